The van der Waals surface area contributed by atoms with Crippen LogP contribution in [-0.2, 0) is 12.6 Å². The third-order valence-electron chi connectivity index (χ3n) is 5.75. The Kier molecular flexibility index (Phi) is 4.54. The molecule has 1 N–H and O–H groups in total. The van der Waals surface area contributed by atoms with Crippen LogP contribution in [0.15, 0.2) is 73.1 Å². The number of pyridine rings is 1. The monoisotopic (exact) mass is 421 g/mol. The number of halogens is 3. The minimum atomic E-state index is -4.46. The lowest BCUT2D eigenvalue weighted by Gasteiger charge is -2.36. The van der Waals surface area contributed by atoms with Crippen LogP contribution >= 0.6 is 0 Å². The number of hydrogen-bond donors (Lipinski definition) is 1. The van der Waals surface area contributed by atoms with Gasteiger partial charge in [-0.2, -0.15) is 13.2 Å². The Morgan fingerprint density at radius 3 is 2.58 bits per heavy atom. The van der Waals surface area contributed by atoms with Crippen molar-refractivity contribution < 1.29 is 18.0 Å². The highest BCUT2D eigenvalue weighted by Crippen LogP contribution is 2.40. The summed E-state index contributed by atoms with van der Waals surface area (Å²) < 4.78 is 40.3. The summed E-state index contributed by atoms with van der Waals surface area (Å²) in [6.45, 7) is 0.400. The minimum absolute atomic E-state index is 0.242. The smallest absolute Gasteiger partial charge is 0.356 e. The van der Waals surface area contributed by atoms with Crippen LogP contribution in [0.2, 0.25) is 0 Å². The number of aromatic amines is 1. The average Bonchev–Trinajstić information content (AvgIpc) is 3.17. The van der Waals surface area contributed by atoms with Crippen LogP contribution in [0, 0.1) is 0 Å². The Balaban J connectivity index is 1.69. The van der Waals surface area contributed by atoms with Crippen LogP contribution in [0.3, 0.4) is 0 Å². The third kappa shape index (κ3) is 3.36. The molecule has 156 valence electrons. The summed E-state index contributed by atoms with van der Waals surface area (Å²) in [6, 6.07) is 15.6. The third-order valence-corrected chi connectivity index (χ3v) is 5.75. The van der Waals surface area contributed by atoms with Crippen LogP contribution in [0.5, 0.6) is 0 Å². The number of carbonyl (C=O) groups is 1. The van der Waals surface area contributed by atoms with E-state index in [-0.39, 0.29) is 5.91 Å². The number of alkyl halides is 3. The van der Waals surface area contributed by atoms with Gasteiger partial charge in [0, 0.05) is 41.1 Å². The van der Waals surface area contributed by atoms with Crippen LogP contribution in [0.1, 0.15) is 38.8 Å². The fraction of sp³-hybridized carbons (Fsp3) is 0.167. The highest BCUT2D eigenvalue weighted by atomic mass is 19.4. The molecule has 1 aliphatic heterocycles. The van der Waals surface area contributed by atoms with Gasteiger partial charge in [0.25, 0.3) is 5.91 Å². The predicted octanol–water partition coefficient (Wildman–Crippen LogP) is 5.37. The van der Waals surface area contributed by atoms with Gasteiger partial charge in [0.2, 0.25) is 0 Å². The number of rotatable bonds is 2. The summed E-state index contributed by atoms with van der Waals surface area (Å²) in [5.41, 5.74) is 2.84. The van der Waals surface area contributed by atoms with E-state index in [0.717, 1.165) is 34.3 Å². The van der Waals surface area contributed by atoms with Gasteiger partial charge in [0.1, 0.15) is 0 Å². The fourth-order valence-corrected chi connectivity index (χ4v) is 4.35. The Morgan fingerprint density at radius 2 is 1.81 bits per heavy atom. The molecule has 0 saturated heterocycles. The first-order valence-corrected chi connectivity index (χ1v) is 9.91. The number of fused-ring (bicyclic) bond motifs is 3. The second-order valence-corrected chi connectivity index (χ2v) is 7.57. The Hall–Kier alpha value is -3.61. The van der Waals surface area contributed by atoms with Crippen molar-refractivity contribution in [3.8, 4) is 0 Å². The standard InChI is InChI=1S/C24H18F3N3O/c25-24(26,27)17-5-3-4-16(14-17)22-21-19(18-6-1-2-7-20(18)29-21)10-13-30(22)23(31)15-8-11-28-12-9-15/h1-9,11-12,14,22,29H,10,13H2. The zero-order chi connectivity index (χ0) is 21.6. The number of hydrogen-bond acceptors (Lipinski definition) is 2. The Morgan fingerprint density at radius 1 is 1.03 bits per heavy atom. The number of carbonyl (C=O) groups excluding carboxylic acids is 1. The van der Waals surface area contributed by atoms with Crippen LogP contribution in [-0.4, -0.2) is 27.3 Å². The van der Waals surface area contributed by atoms with Gasteiger partial charge < -0.3 is 9.88 Å². The first-order chi connectivity index (χ1) is 14.9. The van der Waals surface area contributed by atoms with Crippen molar-refractivity contribution in [1.29, 1.82) is 0 Å². The van der Waals surface area contributed by atoms with Crippen molar-refractivity contribution in [2.75, 3.05) is 6.54 Å². The first kappa shape index (κ1) is 19.4. The number of aromatic nitrogens is 2. The number of nitrogens with zero attached hydrogens (tertiary/aromatic N) is 2. The quantitative estimate of drug-likeness (QED) is 0.473. The van der Waals surface area contributed by atoms with E-state index in [1.807, 2.05) is 24.3 Å². The van der Waals surface area contributed by atoms with E-state index in [0.29, 0.717) is 24.1 Å². The number of para-hydroxylation sites is 1. The van der Waals surface area contributed by atoms with E-state index in [1.165, 1.54) is 18.5 Å². The maximum atomic E-state index is 13.4. The molecule has 31 heavy (non-hydrogen) atoms. The summed E-state index contributed by atoms with van der Waals surface area (Å²) in [6.07, 6.45) is -0.783. The molecule has 5 rings (SSSR count). The molecule has 4 aromatic rings. The zero-order valence-corrected chi connectivity index (χ0v) is 16.4. The fourth-order valence-electron chi connectivity index (χ4n) is 4.35. The summed E-state index contributed by atoms with van der Waals surface area (Å²) in [5.74, 6) is -0.242. The molecule has 0 radical (unpaired) electrons. The Bertz CT molecular complexity index is 1260. The van der Waals surface area contributed by atoms with E-state index >= 15 is 0 Å². The molecule has 3 heterocycles. The molecule has 1 unspecified atom stereocenters. The Labute approximate surface area is 176 Å². The summed E-state index contributed by atoms with van der Waals surface area (Å²) in [4.78, 5) is 22.3. The average molecular weight is 421 g/mol. The van der Waals surface area contributed by atoms with Gasteiger partial charge in [-0.05, 0) is 47.9 Å². The molecule has 2 aromatic heterocycles. The van der Waals surface area contributed by atoms with Crippen LogP contribution < -0.4 is 0 Å². The van der Waals surface area contributed by atoms with E-state index in [1.54, 1.807) is 23.1 Å². The number of nitrogens with one attached hydrogen (secondary N) is 1. The van der Waals surface area contributed by atoms with Gasteiger partial charge in [-0.1, -0.05) is 30.3 Å². The maximum absolute atomic E-state index is 13.4. The number of amides is 1. The van der Waals surface area contributed by atoms with Crippen molar-refractivity contribution in [3.05, 3.63) is 101 Å². The molecule has 1 atom stereocenters. The molecule has 0 bridgehead atoms. The molecule has 1 aliphatic rings. The number of H-pyrrole nitrogens is 1. The SMILES string of the molecule is O=C(c1ccncc1)N1CCc2c([nH]c3ccccc23)C1c1cccc(C(F)(F)F)c1. The summed E-state index contributed by atoms with van der Waals surface area (Å²) in [7, 11) is 0. The second-order valence-electron chi connectivity index (χ2n) is 7.57. The van der Waals surface area contributed by atoms with Crippen molar-refractivity contribution >= 4 is 16.8 Å². The second kappa shape index (κ2) is 7.27. The lowest BCUT2D eigenvalue weighted by atomic mass is 9.91. The van der Waals surface area contributed by atoms with Crippen molar-refractivity contribution in [2.24, 2.45) is 0 Å². The minimum Gasteiger partial charge on any atom is -0.356 e. The maximum Gasteiger partial charge on any atom is 0.416 e. The van der Waals surface area contributed by atoms with Gasteiger partial charge in [0.15, 0.2) is 0 Å². The van der Waals surface area contributed by atoms with Crippen molar-refractivity contribution in [2.45, 2.75) is 18.6 Å². The van der Waals surface area contributed by atoms with Crippen LogP contribution in [0.25, 0.3) is 10.9 Å². The molecule has 0 saturated carbocycles. The molecule has 4 nitrogen and oxygen atoms in total. The zero-order valence-electron chi connectivity index (χ0n) is 16.4. The topological polar surface area (TPSA) is 49.0 Å². The lowest BCUT2D eigenvalue weighted by molar-refractivity contribution is -0.137. The molecule has 1 amide bonds. The predicted molar refractivity (Wildman–Crippen MR) is 111 cm³/mol. The molecule has 0 spiro atoms. The first-order valence-electron chi connectivity index (χ1n) is 9.91. The van der Waals surface area contributed by atoms with Gasteiger partial charge in [-0.3, -0.25) is 9.78 Å². The number of benzene rings is 2. The molecule has 7 heteroatoms. The highest BCUT2D eigenvalue weighted by Gasteiger charge is 2.37. The normalized spacial score (nSPS) is 16.4. The van der Waals surface area contributed by atoms with Crippen LogP contribution in [0.4, 0.5) is 13.2 Å². The molecule has 0 aliphatic carbocycles. The molecular weight excluding hydrogens is 403 g/mol. The summed E-state index contributed by atoms with van der Waals surface area (Å²) >= 11 is 0. The van der Waals surface area contributed by atoms with Gasteiger partial charge in [0.05, 0.1) is 11.6 Å². The van der Waals surface area contributed by atoms with Gasteiger partial charge in [-0.15, -0.1) is 0 Å². The molecule has 2 aromatic carbocycles. The molecule has 0 fully saturated rings. The summed E-state index contributed by atoms with van der Waals surface area (Å²) in [5, 5.41) is 1.03. The van der Waals surface area contributed by atoms with Crippen molar-refractivity contribution in [1.82, 2.24) is 14.9 Å². The largest absolute Gasteiger partial charge is 0.416 e. The van der Waals surface area contributed by atoms with Crippen molar-refractivity contribution in [3.63, 3.8) is 0 Å². The van der Waals surface area contributed by atoms with E-state index in [4.69, 9.17) is 0 Å². The lowest BCUT2D eigenvalue weighted by Crippen LogP contribution is -2.40. The van der Waals surface area contributed by atoms with E-state index in [2.05, 4.69) is 9.97 Å². The highest BCUT2D eigenvalue weighted by molar-refractivity contribution is 5.95. The van der Waals surface area contributed by atoms with Gasteiger partial charge in [-0.25, -0.2) is 0 Å². The van der Waals surface area contributed by atoms with E-state index < -0.39 is 17.8 Å². The molecular formula is C24H18F3N3O. The van der Waals surface area contributed by atoms with Gasteiger partial charge >= 0.3 is 6.18 Å². The van der Waals surface area contributed by atoms with E-state index in [9.17, 15) is 18.0 Å².